The molecule has 0 rings (SSSR count). The van der Waals surface area contributed by atoms with E-state index in [1.54, 1.807) is 0 Å². The van der Waals surface area contributed by atoms with Crippen LogP contribution in [0.1, 0.15) is 12.8 Å². The molecule has 0 aromatic carbocycles. The third kappa shape index (κ3) is 6.86. The second-order valence-electron chi connectivity index (χ2n) is 2.87. The minimum absolute atomic E-state index is 0.0786. The van der Waals surface area contributed by atoms with Gasteiger partial charge in [0.2, 0.25) is 5.91 Å². The van der Waals surface area contributed by atoms with E-state index >= 15 is 0 Å². The minimum Gasteiger partial charge on any atom is -0.354 e. The van der Waals surface area contributed by atoms with Crippen LogP contribution in [-0.4, -0.2) is 37.8 Å². The molecule has 0 aliphatic heterocycles. The number of hydrogen-bond donors (Lipinski definition) is 4. The van der Waals surface area contributed by atoms with Crippen molar-refractivity contribution < 1.29 is 4.79 Å². The van der Waals surface area contributed by atoms with Crippen molar-refractivity contribution in [3.8, 4) is 0 Å². The summed E-state index contributed by atoms with van der Waals surface area (Å²) in [4.78, 5) is 11.2. The lowest BCUT2D eigenvalue weighted by atomic mass is 10.1. The summed E-state index contributed by atoms with van der Waals surface area (Å²) in [6.07, 6.45) is 1.64. The highest BCUT2D eigenvalue weighted by Crippen LogP contribution is 1.93. The Morgan fingerprint density at radius 2 is 2.23 bits per heavy atom. The highest BCUT2D eigenvalue weighted by molar-refractivity contribution is 7.80. The lowest BCUT2D eigenvalue weighted by Crippen LogP contribution is -2.41. The van der Waals surface area contributed by atoms with Crippen LogP contribution < -0.4 is 16.4 Å². The molecular weight excluding hydrogens is 186 g/mol. The van der Waals surface area contributed by atoms with Gasteiger partial charge in [0.1, 0.15) is 0 Å². The van der Waals surface area contributed by atoms with Crippen molar-refractivity contribution in [3.63, 3.8) is 0 Å². The largest absolute Gasteiger partial charge is 0.354 e. The Balaban J connectivity index is 3.45. The zero-order chi connectivity index (χ0) is 10.1. The minimum atomic E-state index is -0.381. The number of rotatable bonds is 7. The van der Waals surface area contributed by atoms with Gasteiger partial charge in [-0.25, -0.2) is 0 Å². The van der Waals surface area contributed by atoms with Crippen LogP contribution >= 0.6 is 12.6 Å². The number of nitrogens with one attached hydrogen (secondary N) is 2. The molecule has 4 N–H and O–H groups in total. The first kappa shape index (κ1) is 12.7. The first-order valence-corrected chi connectivity index (χ1v) is 5.14. The van der Waals surface area contributed by atoms with Gasteiger partial charge in [-0.15, -0.1) is 0 Å². The lowest BCUT2D eigenvalue weighted by Gasteiger charge is -2.10. The van der Waals surface area contributed by atoms with E-state index in [9.17, 15) is 4.79 Å². The quantitative estimate of drug-likeness (QED) is 0.330. The third-order valence-corrected chi connectivity index (χ3v) is 1.91. The average Bonchev–Trinajstić information content (AvgIpc) is 2.14. The number of carbonyl (C=O) groups is 1. The topological polar surface area (TPSA) is 67.1 Å². The molecule has 0 aliphatic rings. The van der Waals surface area contributed by atoms with Crippen LogP contribution in [0.2, 0.25) is 0 Å². The molecule has 0 spiro atoms. The Bertz CT molecular complexity index is 143. The van der Waals surface area contributed by atoms with Crippen LogP contribution in [0.3, 0.4) is 0 Å². The van der Waals surface area contributed by atoms with Crippen LogP contribution in [0, 0.1) is 0 Å². The fraction of sp³-hybridized carbons (Fsp3) is 0.875. The van der Waals surface area contributed by atoms with Gasteiger partial charge < -0.3 is 16.4 Å². The molecule has 0 radical (unpaired) electrons. The molecule has 0 heterocycles. The normalized spacial score (nSPS) is 12.5. The Morgan fingerprint density at radius 1 is 1.54 bits per heavy atom. The molecule has 1 atom stereocenters. The Morgan fingerprint density at radius 3 is 2.77 bits per heavy atom. The summed E-state index contributed by atoms with van der Waals surface area (Å²) in [6.45, 7) is 1.48. The molecule has 0 unspecified atom stereocenters. The van der Waals surface area contributed by atoms with E-state index in [1.807, 2.05) is 7.05 Å². The van der Waals surface area contributed by atoms with Gasteiger partial charge in [0.15, 0.2) is 0 Å². The fourth-order valence-corrected chi connectivity index (χ4v) is 1.05. The molecule has 78 valence electrons. The van der Waals surface area contributed by atoms with Gasteiger partial charge in [-0.1, -0.05) is 0 Å². The maximum absolute atomic E-state index is 11.2. The van der Waals surface area contributed by atoms with E-state index in [0.29, 0.717) is 12.3 Å². The molecule has 0 saturated carbocycles. The molecule has 0 aromatic rings. The van der Waals surface area contributed by atoms with Crippen LogP contribution in [0.15, 0.2) is 0 Å². The van der Waals surface area contributed by atoms with E-state index in [4.69, 9.17) is 5.73 Å². The van der Waals surface area contributed by atoms with Gasteiger partial charge in [0.05, 0.1) is 6.04 Å². The van der Waals surface area contributed by atoms with Crippen molar-refractivity contribution in [2.24, 2.45) is 5.73 Å². The Labute approximate surface area is 85.1 Å². The van der Waals surface area contributed by atoms with E-state index in [-0.39, 0.29) is 11.9 Å². The zero-order valence-electron chi connectivity index (χ0n) is 8.05. The summed E-state index contributed by atoms with van der Waals surface area (Å²) >= 11 is 3.98. The van der Waals surface area contributed by atoms with Crippen molar-refractivity contribution >= 4 is 18.5 Å². The van der Waals surface area contributed by atoms with Gasteiger partial charge in [-0.2, -0.15) is 12.6 Å². The molecule has 13 heavy (non-hydrogen) atoms. The molecular formula is C8H19N3OS. The number of amides is 1. The number of thiol groups is 1. The number of carbonyl (C=O) groups excluding carboxylic acids is 1. The fourth-order valence-electron chi connectivity index (χ4n) is 0.940. The maximum Gasteiger partial charge on any atom is 0.236 e. The monoisotopic (exact) mass is 205 g/mol. The van der Waals surface area contributed by atoms with E-state index < -0.39 is 0 Å². The van der Waals surface area contributed by atoms with Crippen LogP contribution in [-0.2, 0) is 4.79 Å². The lowest BCUT2D eigenvalue weighted by molar-refractivity contribution is -0.122. The van der Waals surface area contributed by atoms with Gasteiger partial charge in [-0.05, 0) is 26.4 Å². The van der Waals surface area contributed by atoms with Crippen molar-refractivity contribution in [2.75, 3.05) is 25.9 Å². The van der Waals surface area contributed by atoms with Gasteiger partial charge >= 0.3 is 0 Å². The highest BCUT2D eigenvalue weighted by atomic mass is 32.1. The molecule has 5 heteroatoms. The van der Waals surface area contributed by atoms with Gasteiger partial charge in [0.25, 0.3) is 0 Å². The molecule has 0 aromatic heterocycles. The van der Waals surface area contributed by atoms with E-state index in [1.165, 1.54) is 0 Å². The van der Waals surface area contributed by atoms with E-state index in [0.717, 1.165) is 19.4 Å². The summed E-state index contributed by atoms with van der Waals surface area (Å²) in [5, 5.41) is 5.70. The summed E-state index contributed by atoms with van der Waals surface area (Å²) in [5.74, 6) is 0.569. The van der Waals surface area contributed by atoms with E-state index in [2.05, 4.69) is 23.3 Å². The first-order chi connectivity index (χ1) is 6.22. The number of hydrogen-bond acceptors (Lipinski definition) is 4. The Kier molecular flexibility index (Phi) is 8.18. The SMILES string of the molecule is CNCCC[C@H](N)C(=O)NCCS. The first-order valence-electron chi connectivity index (χ1n) is 4.51. The Hall–Kier alpha value is -0.260. The second kappa shape index (κ2) is 8.34. The summed E-state index contributed by atoms with van der Waals surface area (Å²) in [6, 6.07) is -0.381. The predicted octanol–water partition coefficient (Wildman–Crippen LogP) is -0.641. The van der Waals surface area contributed by atoms with Crippen LogP contribution in [0.25, 0.3) is 0 Å². The zero-order valence-corrected chi connectivity index (χ0v) is 8.94. The van der Waals surface area contributed by atoms with Gasteiger partial charge in [-0.3, -0.25) is 4.79 Å². The maximum atomic E-state index is 11.2. The molecule has 0 aliphatic carbocycles. The molecule has 1 amide bonds. The standard InChI is InChI=1S/C8H19N3OS/c1-10-4-2-3-7(9)8(12)11-5-6-13/h7,10,13H,2-6,9H2,1H3,(H,11,12)/t7-/m0/s1. The third-order valence-electron chi connectivity index (χ3n) is 1.69. The molecule has 0 saturated heterocycles. The molecule has 0 bridgehead atoms. The van der Waals surface area contributed by atoms with Crippen molar-refractivity contribution in [3.05, 3.63) is 0 Å². The van der Waals surface area contributed by atoms with Crippen LogP contribution in [0.4, 0.5) is 0 Å². The second-order valence-corrected chi connectivity index (χ2v) is 3.31. The molecule has 0 fully saturated rings. The summed E-state index contributed by atoms with van der Waals surface area (Å²) in [5.41, 5.74) is 5.63. The predicted molar refractivity (Wildman–Crippen MR) is 58.0 cm³/mol. The molecule has 4 nitrogen and oxygen atoms in total. The van der Waals surface area contributed by atoms with Gasteiger partial charge in [0, 0.05) is 12.3 Å². The van der Waals surface area contributed by atoms with Crippen molar-refractivity contribution in [2.45, 2.75) is 18.9 Å². The highest BCUT2D eigenvalue weighted by Gasteiger charge is 2.11. The number of nitrogens with two attached hydrogens (primary N) is 1. The smallest absolute Gasteiger partial charge is 0.236 e. The average molecular weight is 205 g/mol. The van der Waals surface area contributed by atoms with Crippen molar-refractivity contribution in [1.82, 2.24) is 10.6 Å². The van der Waals surface area contributed by atoms with Crippen molar-refractivity contribution in [1.29, 1.82) is 0 Å². The summed E-state index contributed by atoms with van der Waals surface area (Å²) < 4.78 is 0. The van der Waals surface area contributed by atoms with Crippen LogP contribution in [0.5, 0.6) is 0 Å². The summed E-state index contributed by atoms with van der Waals surface area (Å²) in [7, 11) is 1.88.